The molecule has 3 heterocycles. The molecule has 7 nitrogen and oxygen atoms in total. The number of rotatable bonds is 6. The number of hydrogen-bond acceptors (Lipinski definition) is 4. The van der Waals surface area contributed by atoms with Gasteiger partial charge in [-0.15, -0.1) is 0 Å². The van der Waals surface area contributed by atoms with Gasteiger partial charge in [0.05, 0.1) is 5.69 Å². The van der Waals surface area contributed by atoms with E-state index >= 15 is 0 Å². The van der Waals surface area contributed by atoms with Crippen molar-refractivity contribution in [3.05, 3.63) is 77.2 Å². The molecule has 0 saturated carbocycles. The Labute approximate surface area is 182 Å². The van der Waals surface area contributed by atoms with E-state index in [2.05, 4.69) is 15.4 Å². The molecule has 1 aliphatic heterocycles. The monoisotopic (exact) mass is 417 g/mol. The lowest BCUT2D eigenvalue weighted by Gasteiger charge is -2.34. The van der Waals surface area contributed by atoms with Crippen molar-refractivity contribution in [1.29, 1.82) is 0 Å². The summed E-state index contributed by atoms with van der Waals surface area (Å²) in [5.41, 5.74) is 3.67. The summed E-state index contributed by atoms with van der Waals surface area (Å²) in [6, 6.07) is 14.7. The zero-order valence-corrected chi connectivity index (χ0v) is 17.9. The highest BCUT2D eigenvalue weighted by atomic mass is 16.2. The van der Waals surface area contributed by atoms with Gasteiger partial charge < -0.3 is 10.2 Å². The third-order valence-corrected chi connectivity index (χ3v) is 5.54. The molecule has 7 heteroatoms. The fourth-order valence-electron chi connectivity index (χ4n) is 4.00. The average Bonchev–Trinajstić information content (AvgIpc) is 3.13. The van der Waals surface area contributed by atoms with E-state index < -0.39 is 6.04 Å². The van der Waals surface area contributed by atoms with Crippen LogP contribution in [0.15, 0.2) is 54.7 Å². The van der Waals surface area contributed by atoms with Crippen molar-refractivity contribution < 1.29 is 9.59 Å². The molecule has 31 heavy (non-hydrogen) atoms. The number of aryl methyl sites for hydroxylation is 2. The summed E-state index contributed by atoms with van der Waals surface area (Å²) in [5, 5.41) is 7.44. The van der Waals surface area contributed by atoms with Crippen molar-refractivity contribution in [1.82, 2.24) is 25.0 Å². The van der Waals surface area contributed by atoms with Gasteiger partial charge in [0.1, 0.15) is 6.04 Å². The van der Waals surface area contributed by atoms with Crippen LogP contribution in [-0.4, -0.2) is 38.0 Å². The molecule has 1 unspecified atom stereocenters. The molecule has 1 aliphatic rings. The van der Waals surface area contributed by atoms with E-state index in [9.17, 15) is 9.59 Å². The fourth-order valence-corrected chi connectivity index (χ4v) is 4.00. The van der Waals surface area contributed by atoms with Gasteiger partial charge in [0.25, 0.3) is 0 Å². The lowest BCUT2D eigenvalue weighted by atomic mass is 10.0. The number of carbonyl (C=O) groups is 2. The summed E-state index contributed by atoms with van der Waals surface area (Å²) in [6.07, 6.45) is 4.04. The molecule has 0 aliphatic carbocycles. The van der Waals surface area contributed by atoms with Gasteiger partial charge in [-0.25, -0.2) is 9.67 Å². The van der Waals surface area contributed by atoms with E-state index in [1.54, 1.807) is 15.8 Å². The third-order valence-electron chi connectivity index (χ3n) is 5.54. The second kappa shape index (κ2) is 9.12. The summed E-state index contributed by atoms with van der Waals surface area (Å²) in [5.74, 6) is 0.594. The molecule has 3 aromatic rings. The number of pyridine rings is 1. The predicted octanol–water partition coefficient (Wildman–Crippen LogP) is 3.25. The van der Waals surface area contributed by atoms with Crippen LogP contribution in [0.25, 0.3) is 5.82 Å². The molecule has 2 amide bonds. The quantitative estimate of drug-likeness (QED) is 0.668. The molecule has 1 saturated heterocycles. The van der Waals surface area contributed by atoms with E-state index in [0.29, 0.717) is 19.5 Å². The van der Waals surface area contributed by atoms with Gasteiger partial charge in [0, 0.05) is 31.4 Å². The Morgan fingerprint density at radius 3 is 2.58 bits per heavy atom. The standard InChI is InChI=1S/C24H27N5O2/c1-17-14-18(2)29(27-17)21-12-11-19(15-25-21)16-26-24(31)23(20-8-4-3-5-9-20)28-13-7-6-10-22(28)30/h3-5,8-9,11-12,14-15,23H,6-7,10,13,16H2,1-2H3,(H,26,31). The highest BCUT2D eigenvalue weighted by Crippen LogP contribution is 2.26. The van der Waals surface area contributed by atoms with Gasteiger partial charge in [-0.05, 0) is 49.9 Å². The third kappa shape index (κ3) is 4.66. The number of likely N-dealkylation sites (tertiary alicyclic amines) is 1. The molecular weight excluding hydrogens is 390 g/mol. The first kappa shape index (κ1) is 20.8. The zero-order chi connectivity index (χ0) is 21.8. The van der Waals surface area contributed by atoms with Crippen LogP contribution in [0, 0.1) is 13.8 Å². The maximum absolute atomic E-state index is 13.2. The molecule has 0 radical (unpaired) electrons. The van der Waals surface area contributed by atoms with Crippen LogP contribution in [0.1, 0.15) is 47.8 Å². The van der Waals surface area contributed by atoms with Crippen LogP contribution in [0.5, 0.6) is 0 Å². The molecule has 1 fully saturated rings. The predicted molar refractivity (Wildman–Crippen MR) is 117 cm³/mol. The summed E-state index contributed by atoms with van der Waals surface area (Å²) in [4.78, 5) is 31.9. The molecule has 0 spiro atoms. The largest absolute Gasteiger partial charge is 0.350 e. The number of aromatic nitrogens is 3. The van der Waals surface area contributed by atoms with E-state index in [1.807, 2.05) is 62.4 Å². The van der Waals surface area contributed by atoms with Crippen molar-refractivity contribution in [2.24, 2.45) is 0 Å². The van der Waals surface area contributed by atoms with Crippen LogP contribution in [0.4, 0.5) is 0 Å². The number of carbonyl (C=O) groups excluding carboxylic acids is 2. The SMILES string of the molecule is Cc1cc(C)n(-c2ccc(CNC(=O)C(c3ccccc3)N3CCCCC3=O)cn2)n1. The normalized spacial score (nSPS) is 15.0. The molecule has 1 atom stereocenters. The van der Waals surface area contributed by atoms with Gasteiger partial charge >= 0.3 is 0 Å². The second-order valence-corrected chi connectivity index (χ2v) is 7.94. The summed E-state index contributed by atoms with van der Waals surface area (Å²) >= 11 is 0. The Morgan fingerprint density at radius 2 is 1.94 bits per heavy atom. The summed E-state index contributed by atoms with van der Waals surface area (Å²) < 4.78 is 1.80. The van der Waals surface area contributed by atoms with Crippen molar-refractivity contribution in [2.75, 3.05) is 6.54 Å². The maximum atomic E-state index is 13.2. The average molecular weight is 418 g/mol. The molecular formula is C24H27N5O2. The van der Waals surface area contributed by atoms with Crippen LogP contribution >= 0.6 is 0 Å². The van der Waals surface area contributed by atoms with Crippen molar-refractivity contribution >= 4 is 11.8 Å². The van der Waals surface area contributed by atoms with E-state index in [0.717, 1.165) is 41.2 Å². The first-order valence-corrected chi connectivity index (χ1v) is 10.6. The minimum absolute atomic E-state index is 0.0335. The molecule has 160 valence electrons. The van der Waals surface area contributed by atoms with Crippen LogP contribution in [0.3, 0.4) is 0 Å². The van der Waals surface area contributed by atoms with E-state index in [1.165, 1.54) is 0 Å². The number of amides is 2. The Morgan fingerprint density at radius 1 is 1.13 bits per heavy atom. The fraction of sp³-hybridized carbons (Fsp3) is 0.333. The first-order valence-electron chi connectivity index (χ1n) is 10.6. The number of piperidine rings is 1. The molecule has 1 N–H and O–H groups in total. The van der Waals surface area contributed by atoms with Crippen molar-refractivity contribution in [3.63, 3.8) is 0 Å². The van der Waals surface area contributed by atoms with Gasteiger partial charge in [-0.1, -0.05) is 36.4 Å². The minimum atomic E-state index is -0.615. The van der Waals surface area contributed by atoms with Gasteiger partial charge in [-0.2, -0.15) is 5.10 Å². The van der Waals surface area contributed by atoms with Gasteiger partial charge in [0.2, 0.25) is 11.8 Å². The first-order chi connectivity index (χ1) is 15.0. The Bertz CT molecular complexity index is 1060. The van der Waals surface area contributed by atoms with Crippen LogP contribution < -0.4 is 5.32 Å². The Hall–Kier alpha value is -3.48. The lowest BCUT2D eigenvalue weighted by Crippen LogP contribution is -2.45. The molecule has 4 rings (SSSR count). The number of nitrogens with one attached hydrogen (secondary N) is 1. The van der Waals surface area contributed by atoms with E-state index in [-0.39, 0.29) is 11.8 Å². The smallest absolute Gasteiger partial charge is 0.247 e. The Kier molecular flexibility index (Phi) is 6.11. The summed E-state index contributed by atoms with van der Waals surface area (Å²) in [6.45, 7) is 4.88. The second-order valence-electron chi connectivity index (χ2n) is 7.94. The number of benzene rings is 1. The van der Waals surface area contributed by atoms with Gasteiger partial charge in [-0.3, -0.25) is 9.59 Å². The number of hydrogen-bond donors (Lipinski definition) is 1. The topological polar surface area (TPSA) is 80.1 Å². The highest BCUT2D eigenvalue weighted by molar-refractivity contribution is 5.89. The molecule has 1 aromatic carbocycles. The zero-order valence-electron chi connectivity index (χ0n) is 17.9. The van der Waals surface area contributed by atoms with E-state index in [4.69, 9.17) is 0 Å². The maximum Gasteiger partial charge on any atom is 0.247 e. The van der Waals surface area contributed by atoms with Crippen LogP contribution in [-0.2, 0) is 16.1 Å². The molecule has 0 bridgehead atoms. The minimum Gasteiger partial charge on any atom is -0.350 e. The van der Waals surface area contributed by atoms with Crippen molar-refractivity contribution in [2.45, 2.75) is 45.7 Å². The highest BCUT2D eigenvalue weighted by Gasteiger charge is 2.32. The lowest BCUT2D eigenvalue weighted by molar-refractivity contribution is -0.142. The number of nitrogens with zero attached hydrogens (tertiary/aromatic N) is 4. The Balaban J connectivity index is 1.47. The van der Waals surface area contributed by atoms with Gasteiger partial charge in [0.15, 0.2) is 5.82 Å². The van der Waals surface area contributed by atoms with Crippen LogP contribution in [0.2, 0.25) is 0 Å². The molecule has 2 aromatic heterocycles. The summed E-state index contributed by atoms with van der Waals surface area (Å²) in [7, 11) is 0. The van der Waals surface area contributed by atoms with Crippen molar-refractivity contribution in [3.8, 4) is 5.82 Å².